The van der Waals surface area contributed by atoms with Crippen molar-refractivity contribution in [2.75, 3.05) is 19.6 Å². The molecule has 94 valence electrons. The van der Waals surface area contributed by atoms with Gasteiger partial charge in [-0.25, -0.2) is 4.79 Å². The standard InChI is InChI=1S/C11H22N2O3/c1-4-9(5-2)7-12-11(16)13(6-3)8-10(14)15/h9H,4-8H2,1-3H3,(H,12,16)(H,14,15). The van der Waals surface area contributed by atoms with Gasteiger partial charge in [-0.1, -0.05) is 26.7 Å². The van der Waals surface area contributed by atoms with E-state index in [0.717, 1.165) is 12.8 Å². The van der Waals surface area contributed by atoms with Crippen LogP contribution in [0.3, 0.4) is 0 Å². The highest BCUT2D eigenvalue weighted by molar-refractivity contribution is 5.79. The van der Waals surface area contributed by atoms with Crippen LogP contribution in [0.25, 0.3) is 0 Å². The largest absolute Gasteiger partial charge is 0.480 e. The minimum atomic E-state index is -0.987. The first-order valence-electron chi connectivity index (χ1n) is 5.79. The van der Waals surface area contributed by atoms with Gasteiger partial charge in [0.15, 0.2) is 0 Å². The van der Waals surface area contributed by atoms with E-state index in [9.17, 15) is 9.59 Å². The van der Waals surface area contributed by atoms with E-state index in [-0.39, 0.29) is 12.6 Å². The second kappa shape index (κ2) is 7.96. The molecule has 2 amide bonds. The second-order valence-corrected chi connectivity index (χ2v) is 3.78. The molecule has 0 aromatic carbocycles. The maximum Gasteiger partial charge on any atom is 0.323 e. The van der Waals surface area contributed by atoms with Crippen molar-refractivity contribution in [3.05, 3.63) is 0 Å². The van der Waals surface area contributed by atoms with Gasteiger partial charge in [-0.05, 0) is 12.8 Å². The average molecular weight is 230 g/mol. The first-order valence-corrected chi connectivity index (χ1v) is 5.79. The number of likely N-dealkylation sites (N-methyl/N-ethyl adjacent to an activating group) is 1. The number of hydrogen-bond acceptors (Lipinski definition) is 2. The first-order chi connectivity index (χ1) is 7.54. The molecule has 16 heavy (non-hydrogen) atoms. The number of nitrogens with one attached hydrogen (secondary N) is 1. The Balaban J connectivity index is 4.06. The molecule has 0 rings (SSSR count). The Hall–Kier alpha value is -1.26. The van der Waals surface area contributed by atoms with E-state index in [1.54, 1.807) is 6.92 Å². The monoisotopic (exact) mass is 230 g/mol. The summed E-state index contributed by atoms with van der Waals surface area (Å²) in [5.74, 6) is -0.521. The van der Waals surface area contributed by atoms with Crippen LogP contribution in [-0.4, -0.2) is 41.6 Å². The van der Waals surface area contributed by atoms with E-state index in [2.05, 4.69) is 19.2 Å². The van der Waals surface area contributed by atoms with Crippen molar-refractivity contribution in [3.63, 3.8) is 0 Å². The number of amides is 2. The lowest BCUT2D eigenvalue weighted by molar-refractivity contribution is -0.137. The molecule has 0 fully saturated rings. The minimum absolute atomic E-state index is 0.245. The highest BCUT2D eigenvalue weighted by Crippen LogP contribution is 2.05. The van der Waals surface area contributed by atoms with Gasteiger partial charge in [-0.15, -0.1) is 0 Å². The molecule has 0 atom stereocenters. The Bertz CT molecular complexity index is 227. The topological polar surface area (TPSA) is 69.6 Å². The van der Waals surface area contributed by atoms with Crippen LogP contribution in [-0.2, 0) is 4.79 Å². The van der Waals surface area contributed by atoms with Crippen LogP contribution in [0.5, 0.6) is 0 Å². The van der Waals surface area contributed by atoms with Gasteiger partial charge in [0.05, 0.1) is 0 Å². The molecule has 0 radical (unpaired) electrons. The lowest BCUT2D eigenvalue weighted by Crippen LogP contribution is -2.44. The third-order valence-electron chi connectivity index (χ3n) is 2.69. The number of nitrogens with zero attached hydrogens (tertiary/aromatic N) is 1. The quantitative estimate of drug-likeness (QED) is 0.697. The van der Waals surface area contributed by atoms with Crippen molar-refractivity contribution in [2.45, 2.75) is 33.6 Å². The van der Waals surface area contributed by atoms with Crippen LogP contribution < -0.4 is 5.32 Å². The van der Waals surface area contributed by atoms with Gasteiger partial charge in [0, 0.05) is 13.1 Å². The fourth-order valence-corrected chi connectivity index (χ4v) is 1.41. The summed E-state index contributed by atoms with van der Waals surface area (Å²) >= 11 is 0. The van der Waals surface area contributed by atoms with Crippen molar-refractivity contribution in [1.29, 1.82) is 0 Å². The van der Waals surface area contributed by atoms with Crippen LogP contribution in [0.1, 0.15) is 33.6 Å². The number of carbonyl (C=O) groups excluding carboxylic acids is 1. The molecule has 5 heteroatoms. The molecule has 0 bridgehead atoms. The van der Waals surface area contributed by atoms with Gasteiger partial charge >= 0.3 is 12.0 Å². The molecule has 0 saturated heterocycles. The van der Waals surface area contributed by atoms with Crippen LogP contribution in [0, 0.1) is 5.92 Å². The SMILES string of the molecule is CCC(CC)CNC(=O)N(CC)CC(=O)O. The number of urea groups is 1. The number of carbonyl (C=O) groups is 2. The summed E-state index contributed by atoms with van der Waals surface area (Å²) in [6.45, 7) is 6.69. The zero-order valence-electron chi connectivity index (χ0n) is 10.3. The number of aliphatic carboxylic acids is 1. The van der Waals surface area contributed by atoms with E-state index in [0.29, 0.717) is 19.0 Å². The molecular weight excluding hydrogens is 208 g/mol. The molecular formula is C11H22N2O3. The number of hydrogen-bond donors (Lipinski definition) is 2. The Labute approximate surface area is 96.8 Å². The summed E-state index contributed by atoms with van der Waals surface area (Å²) < 4.78 is 0. The molecule has 0 aliphatic heterocycles. The lowest BCUT2D eigenvalue weighted by Gasteiger charge is -2.21. The van der Waals surface area contributed by atoms with Gasteiger partial charge in [-0.2, -0.15) is 0 Å². The Morgan fingerprint density at radius 1 is 1.25 bits per heavy atom. The molecule has 0 heterocycles. The van der Waals surface area contributed by atoms with Gasteiger partial charge in [0.25, 0.3) is 0 Å². The van der Waals surface area contributed by atoms with Crippen molar-refractivity contribution >= 4 is 12.0 Å². The summed E-state index contributed by atoms with van der Waals surface area (Å²) in [4.78, 5) is 23.4. The summed E-state index contributed by atoms with van der Waals surface area (Å²) in [5, 5.41) is 11.4. The third-order valence-corrected chi connectivity index (χ3v) is 2.69. The maximum atomic E-state index is 11.6. The normalized spacial score (nSPS) is 10.2. The second-order valence-electron chi connectivity index (χ2n) is 3.78. The molecule has 0 aromatic heterocycles. The molecule has 0 aliphatic carbocycles. The van der Waals surface area contributed by atoms with Gasteiger partial charge < -0.3 is 15.3 Å². The summed E-state index contributed by atoms with van der Waals surface area (Å²) in [5.41, 5.74) is 0. The highest BCUT2D eigenvalue weighted by atomic mass is 16.4. The van der Waals surface area contributed by atoms with Gasteiger partial charge in [0.1, 0.15) is 6.54 Å². The summed E-state index contributed by atoms with van der Waals surface area (Å²) in [7, 11) is 0. The average Bonchev–Trinajstić information content (AvgIpc) is 2.26. The van der Waals surface area contributed by atoms with Crippen molar-refractivity contribution in [3.8, 4) is 0 Å². The fourth-order valence-electron chi connectivity index (χ4n) is 1.41. The van der Waals surface area contributed by atoms with Gasteiger partial charge in [-0.3, -0.25) is 4.79 Å². The number of carboxylic acid groups (broad SMARTS) is 1. The minimum Gasteiger partial charge on any atom is -0.480 e. The summed E-state index contributed by atoms with van der Waals surface area (Å²) in [6.07, 6.45) is 2.03. The molecule has 2 N–H and O–H groups in total. The van der Waals surface area contributed by atoms with Crippen molar-refractivity contribution < 1.29 is 14.7 Å². The maximum absolute atomic E-state index is 11.6. The van der Waals surface area contributed by atoms with Crippen LogP contribution in [0.2, 0.25) is 0 Å². The highest BCUT2D eigenvalue weighted by Gasteiger charge is 2.15. The van der Waals surface area contributed by atoms with Crippen molar-refractivity contribution in [1.82, 2.24) is 10.2 Å². The molecule has 0 aromatic rings. The van der Waals surface area contributed by atoms with E-state index < -0.39 is 5.97 Å². The Kier molecular flexibility index (Phi) is 7.33. The molecule has 0 saturated carbocycles. The first kappa shape index (κ1) is 14.7. The van der Waals surface area contributed by atoms with E-state index in [4.69, 9.17) is 5.11 Å². The number of carboxylic acids is 1. The zero-order chi connectivity index (χ0) is 12.6. The molecule has 0 spiro atoms. The summed E-state index contributed by atoms with van der Waals surface area (Å²) in [6, 6.07) is -0.295. The fraction of sp³-hybridized carbons (Fsp3) is 0.818. The Morgan fingerprint density at radius 2 is 1.81 bits per heavy atom. The van der Waals surface area contributed by atoms with Crippen LogP contribution >= 0.6 is 0 Å². The Morgan fingerprint density at radius 3 is 2.19 bits per heavy atom. The van der Waals surface area contributed by atoms with E-state index >= 15 is 0 Å². The van der Waals surface area contributed by atoms with Crippen LogP contribution in [0.15, 0.2) is 0 Å². The number of rotatable bonds is 7. The smallest absolute Gasteiger partial charge is 0.323 e. The molecule has 0 unspecified atom stereocenters. The lowest BCUT2D eigenvalue weighted by atomic mass is 10.0. The van der Waals surface area contributed by atoms with E-state index in [1.807, 2.05) is 0 Å². The van der Waals surface area contributed by atoms with Crippen LogP contribution in [0.4, 0.5) is 4.79 Å². The van der Waals surface area contributed by atoms with Crippen molar-refractivity contribution in [2.24, 2.45) is 5.92 Å². The molecule has 5 nitrogen and oxygen atoms in total. The predicted molar refractivity (Wildman–Crippen MR) is 62.4 cm³/mol. The van der Waals surface area contributed by atoms with Gasteiger partial charge in [0.2, 0.25) is 0 Å². The van der Waals surface area contributed by atoms with E-state index in [1.165, 1.54) is 4.90 Å². The predicted octanol–water partition coefficient (Wildman–Crippen LogP) is 1.54. The zero-order valence-corrected chi connectivity index (χ0v) is 10.3. The molecule has 0 aliphatic rings. The third kappa shape index (κ3) is 5.58.